The van der Waals surface area contributed by atoms with Crippen molar-refractivity contribution in [1.29, 1.82) is 0 Å². The van der Waals surface area contributed by atoms with Crippen LogP contribution in [0.1, 0.15) is 0 Å². The fourth-order valence-corrected chi connectivity index (χ4v) is 1.55. The number of amides is 1. The molecule has 7 nitrogen and oxygen atoms in total. The van der Waals surface area contributed by atoms with Crippen LogP contribution in [0.25, 0.3) is 10.4 Å². The molecule has 0 atom stereocenters. The van der Waals surface area contributed by atoms with E-state index in [2.05, 4.69) is 14.9 Å². The topological polar surface area (TPSA) is 92.5 Å². The molecule has 1 amide bonds. The SMILES string of the molecule is [N-]=[N+]=NCC(=O)N1CCN(CCO)CC1. The van der Waals surface area contributed by atoms with E-state index in [0.717, 1.165) is 13.1 Å². The van der Waals surface area contributed by atoms with Gasteiger partial charge in [-0.3, -0.25) is 9.69 Å². The van der Waals surface area contributed by atoms with Gasteiger partial charge in [0.1, 0.15) is 6.54 Å². The first-order chi connectivity index (χ1) is 7.27. The number of hydrogen-bond acceptors (Lipinski definition) is 4. The number of carbonyl (C=O) groups excluding carboxylic acids is 1. The number of azide groups is 1. The van der Waals surface area contributed by atoms with Crippen molar-refractivity contribution >= 4 is 5.91 Å². The van der Waals surface area contributed by atoms with E-state index in [-0.39, 0.29) is 19.1 Å². The molecule has 1 N–H and O–H groups in total. The summed E-state index contributed by atoms with van der Waals surface area (Å²) in [4.78, 5) is 17.7. The van der Waals surface area contributed by atoms with E-state index in [9.17, 15) is 4.79 Å². The Hall–Kier alpha value is -1.30. The number of aliphatic hydroxyl groups excluding tert-OH is 1. The van der Waals surface area contributed by atoms with Gasteiger partial charge in [0.05, 0.1) is 6.61 Å². The average molecular weight is 213 g/mol. The van der Waals surface area contributed by atoms with Crippen molar-refractivity contribution in [2.24, 2.45) is 5.11 Å². The first-order valence-corrected chi connectivity index (χ1v) is 4.89. The Morgan fingerprint density at radius 2 is 2.07 bits per heavy atom. The van der Waals surface area contributed by atoms with E-state index in [1.54, 1.807) is 4.90 Å². The third kappa shape index (κ3) is 3.75. The Morgan fingerprint density at radius 1 is 1.40 bits per heavy atom. The molecule has 1 aliphatic heterocycles. The third-order valence-electron chi connectivity index (χ3n) is 2.41. The second kappa shape index (κ2) is 6.23. The summed E-state index contributed by atoms with van der Waals surface area (Å²) in [5.74, 6) is -0.128. The number of piperazine rings is 1. The molecule has 1 heterocycles. The lowest BCUT2D eigenvalue weighted by Gasteiger charge is -2.34. The molecule has 1 aliphatic rings. The van der Waals surface area contributed by atoms with Crippen LogP contribution in [0, 0.1) is 0 Å². The first-order valence-electron chi connectivity index (χ1n) is 4.89. The Labute approximate surface area is 87.9 Å². The van der Waals surface area contributed by atoms with Crippen LogP contribution in [-0.2, 0) is 4.79 Å². The summed E-state index contributed by atoms with van der Waals surface area (Å²) in [5.41, 5.74) is 8.08. The molecule has 0 aromatic rings. The standard InChI is InChI=1S/C8H15N5O2/c9-11-10-7-8(15)13-3-1-12(2-4-13)5-6-14/h14H,1-7H2. The van der Waals surface area contributed by atoms with Crippen LogP contribution in [0.15, 0.2) is 5.11 Å². The van der Waals surface area contributed by atoms with Crippen molar-refractivity contribution < 1.29 is 9.90 Å². The van der Waals surface area contributed by atoms with Crippen LogP contribution >= 0.6 is 0 Å². The summed E-state index contributed by atoms with van der Waals surface area (Å²) in [5, 5.41) is 12.0. The van der Waals surface area contributed by atoms with Gasteiger partial charge in [-0.05, 0) is 5.53 Å². The van der Waals surface area contributed by atoms with Gasteiger partial charge < -0.3 is 10.0 Å². The quantitative estimate of drug-likeness (QED) is 0.385. The van der Waals surface area contributed by atoms with Gasteiger partial charge in [0.25, 0.3) is 0 Å². The van der Waals surface area contributed by atoms with Gasteiger partial charge in [0, 0.05) is 37.6 Å². The summed E-state index contributed by atoms with van der Waals surface area (Å²) in [6, 6.07) is 0. The van der Waals surface area contributed by atoms with Crippen LogP contribution in [0.5, 0.6) is 0 Å². The maximum atomic E-state index is 11.4. The molecular formula is C8H15N5O2. The predicted octanol–water partition coefficient (Wildman–Crippen LogP) is -0.567. The van der Waals surface area contributed by atoms with E-state index in [1.165, 1.54) is 0 Å². The summed E-state index contributed by atoms with van der Waals surface area (Å²) < 4.78 is 0. The van der Waals surface area contributed by atoms with Crippen LogP contribution in [0.2, 0.25) is 0 Å². The fraction of sp³-hybridized carbons (Fsp3) is 0.875. The van der Waals surface area contributed by atoms with Crippen LogP contribution in [0.4, 0.5) is 0 Å². The number of aliphatic hydroxyl groups is 1. The molecule has 1 rings (SSSR count). The molecule has 0 bridgehead atoms. The fourth-order valence-electron chi connectivity index (χ4n) is 1.55. The number of rotatable bonds is 4. The van der Waals surface area contributed by atoms with Crippen molar-refractivity contribution in [3.63, 3.8) is 0 Å². The van der Waals surface area contributed by atoms with Crippen LogP contribution in [-0.4, -0.2) is 66.7 Å². The molecule has 84 valence electrons. The van der Waals surface area contributed by atoms with Gasteiger partial charge in [-0.1, -0.05) is 5.11 Å². The highest BCUT2D eigenvalue weighted by Gasteiger charge is 2.19. The zero-order valence-corrected chi connectivity index (χ0v) is 8.54. The second-order valence-corrected chi connectivity index (χ2v) is 3.34. The largest absolute Gasteiger partial charge is 0.395 e. The lowest BCUT2D eigenvalue weighted by molar-refractivity contribution is -0.131. The molecule has 0 spiro atoms. The van der Waals surface area contributed by atoms with Crippen molar-refractivity contribution in [1.82, 2.24) is 9.80 Å². The number of nitrogens with zero attached hydrogens (tertiary/aromatic N) is 5. The summed E-state index contributed by atoms with van der Waals surface area (Å²) in [6.07, 6.45) is 0. The normalized spacial score (nSPS) is 17.3. The van der Waals surface area contributed by atoms with Gasteiger partial charge in [-0.25, -0.2) is 0 Å². The van der Waals surface area contributed by atoms with Crippen LogP contribution < -0.4 is 0 Å². The smallest absolute Gasteiger partial charge is 0.228 e. The number of carbonyl (C=O) groups is 1. The van der Waals surface area contributed by atoms with E-state index in [1.807, 2.05) is 0 Å². The Kier molecular flexibility index (Phi) is 4.89. The molecule has 0 saturated carbocycles. The lowest BCUT2D eigenvalue weighted by Crippen LogP contribution is -2.49. The third-order valence-corrected chi connectivity index (χ3v) is 2.41. The maximum absolute atomic E-state index is 11.4. The van der Waals surface area contributed by atoms with Crippen molar-refractivity contribution in [3.8, 4) is 0 Å². The molecular weight excluding hydrogens is 198 g/mol. The highest BCUT2D eigenvalue weighted by Crippen LogP contribution is 2.01. The zero-order chi connectivity index (χ0) is 11.1. The van der Waals surface area contributed by atoms with Gasteiger partial charge >= 0.3 is 0 Å². The van der Waals surface area contributed by atoms with Crippen LogP contribution in [0.3, 0.4) is 0 Å². The second-order valence-electron chi connectivity index (χ2n) is 3.34. The van der Waals surface area contributed by atoms with Crippen molar-refractivity contribution in [2.45, 2.75) is 0 Å². The Morgan fingerprint density at radius 3 is 2.60 bits per heavy atom. The van der Waals surface area contributed by atoms with E-state index in [4.69, 9.17) is 10.6 Å². The minimum atomic E-state index is -0.128. The number of hydrogen-bond donors (Lipinski definition) is 1. The molecule has 1 fully saturated rings. The average Bonchev–Trinajstić information content (AvgIpc) is 2.27. The Bertz CT molecular complexity index is 256. The molecule has 0 radical (unpaired) electrons. The highest BCUT2D eigenvalue weighted by molar-refractivity contribution is 5.78. The molecule has 1 saturated heterocycles. The van der Waals surface area contributed by atoms with Gasteiger partial charge in [0.15, 0.2) is 0 Å². The highest BCUT2D eigenvalue weighted by atomic mass is 16.3. The first kappa shape index (κ1) is 11.8. The minimum Gasteiger partial charge on any atom is -0.395 e. The number of β-amino-alcohol motifs (C(OH)–C–C–N with tert-alkyl or cyclic N) is 1. The minimum absolute atomic E-state index is 0.101. The molecule has 0 unspecified atom stereocenters. The summed E-state index contributed by atoms with van der Waals surface area (Å²) in [6.45, 7) is 3.51. The molecule has 0 aromatic carbocycles. The zero-order valence-electron chi connectivity index (χ0n) is 8.54. The molecule has 0 aliphatic carbocycles. The van der Waals surface area contributed by atoms with Crippen molar-refractivity contribution in [2.75, 3.05) is 45.9 Å². The van der Waals surface area contributed by atoms with Gasteiger partial charge in [-0.15, -0.1) is 0 Å². The van der Waals surface area contributed by atoms with E-state index < -0.39 is 0 Å². The van der Waals surface area contributed by atoms with Crippen molar-refractivity contribution in [3.05, 3.63) is 10.4 Å². The summed E-state index contributed by atoms with van der Waals surface area (Å²) in [7, 11) is 0. The monoisotopic (exact) mass is 213 g/mol. The van der Waals surface area contributed by atoms with Gasteiger partial charge in [0.2, 0.25) is 5.91 Å². The van der Waals surface area contributed by atoms with E-state index in [0.29, 0.717) is 19.6 Å². The lowest BCUT2D eigenvalue weighted by atomic mass is 10.3. The predicted molar refractivity (Wildman–Crippen MR) is 54.1 cm³/mol. The Balaban J connectivity index is 2.30. The van der Waals surface area contributed by atoms with Gasteiger partial charge in [-0.2, -0.15) is 0 Å². The maximum Gasteiger partial charge on any atom is 0.228 e. The molecule has 0 aromatic heterocycles. The molecule has 15 heavy (non-hydrogen) atoms. The summed E-state index contributed by atoms with van der Waals surface area (Å²) >= 11 is 0. The van der Waals surface area contributed by atoms with E-state index >= 15 is 0 Å². The molecule has 7 heteroatoms.